The van der Waals surface area contributed by atoms with Crippen molar-refractivity contribution in [2.24, 2.45) is 0 Å². The predicted octanol–water partition coefficient (Wildman–Crippen LogP) is 1.91. The molecule has 3 aromatic rings. The normalized spacial score (nSPS) is 10.9. The SMILES string of the molecule is OCCCc1cn(Cc2coc(-c3ccccc3)n2)nn1. The van der Waals surface area contributed by atoms with E-state index in [1.807, 2.05) is 36.5 Å². The van der Waals surface area contributed by atoms with E-state index in [4.69, 9.17) is 9.52 Å². The van der Waals surface area contributed by atoms with Gasteiger partial charge in [-0.15, -0.1) is 5.10 Å². The second-order valence-corrected chi connectivity index (χ2v) is 4.74. The van der Waals surface area contributed by atoms with Crippen molar-refractivity contribution in [2.75, 3.05) is 6.61 Å². The molecule has 108 valence electrons. The van der Waals surface area contributed by atoms with Gasteiger partial charge in [0, 0.05) is 18.4 Å². The third-order valence-corrected chi connectivity index (χ3v) is 3.07. The number of aliphatic hydroxyl groups excluding tert-OH is 1. The molecule has 6 nitrogen and oxygen atoms in total. The van der Waals surface area contributed by atoms with E-state index in [0.29, 0.717) is 18.9 Å². The van der Waals surface area contributed by atoms with Crippen molar-refractivity contribution in [1.82, 2.24) is 20.0 Å². The molecule has 6 heteroatoms. The summed E-state index contributed by atoms with van der Waals surface area (Å²) in [4.78, 5) is 4.45. The Labute approximate surface area is 122 Å². The fourth-order valence-corrected chi connectivity index (χ4v) is 2.05. The maximum Gasteiger partial charge on any atom is 0.226 e. The number of benzene rings is 1. The molecule has 0 fully saturated rings. The molecular weight excluding hydrogens is 268 g/mol. The Morgan fingerprint density at radius 2 is 2.00 bits per heavy atom. The van der Waals surface area contributed by atoms with E-state index in [0.717, 1.165) is 23.4 Å². The average Bonchev–Trinajstić information content (AvgIpc) is 3.16. The monoisotopic (exact) mass is 284 g/mol. The summed E-state index contributed by atoms with van der Waals surface area (Å²) in [6.07, 6.45) is 4.93. The molecule has 3 rings (SSSR count). The predicted molar refractivity (Wildman–Crippen MR) is 76.5 cm³/mol. The van der Waals surface area contributed by atoms with E-state index < -0.39 is 0 Å². The highest BCUT2D eigenvalue weighted by Crippen LogP contribution is 2.18. The van der Waals surface area contributed by atoms with Crippen molar-refractivity contribution in [3.63, 3.8) is 0 Å². The van der Waals surface area contributed by atoms with Crippen molar-refractivity contribution in [1.29, 1.82) is 0 Å². The summed E-state index contributed by atoms with van der Waals surface area (Å²) in [6, 6.07) is 9.76. The Morgan fingerprint density at radius 1 is 1.14 bits per heavy atom. The topological polar surface area (TPSA) is 77.0 Å². The van der Waals surface area contributed by atoms with Gasteiger partial charge in [-0.1, -0.05) is 23.4 Å². The fraction of sp³-hybridized carbons (Fsp3) is 0.267. The van der Waals surface area contributed by atoms with Crippen LogP contribution in [0.5, 0.6) is 0 Å². The van der Waals surface area contributed by atoms with Crippen LogP contribution >= 0.6 is 0 Å². The summed E-state index contributed by atoms with van der Waals surface area (Å²) in [5.74, 6) is 0.603. The van der Waals surface area contributed by atoms with Crippen LogP contribution in [0, 0.1) is 0 Å². The van der Waals surface area contributed by atoms with Crippen molar-refractivity contribution in [3.8, 4) is 11.5 Å². The first-order valence-electron chi connectivity index (χ1n) is 6.85. The van der Waals surface area contributed by atoms with Crippen LogP contribution in [0.3, 0.4) is 0 Å². The average molecular weight is 284 g/mol. The number of rotatable bonds is 6. The quantitative estimate of drug-likeness (QED) is 0.748. The number of aromatic nitrogens is 4. The number of oxazole rings is 1. The van der Waals surface area contributed by atoms with Crippen molar-refractivity contribution in [3.05, 3.63) is 54.2 Å². The summed E-state index contributed by atoms with van der Waals surface area (Å²) in [5.41, 5.74) is 2.62. The molecule has 0 aliphatic heterocycles. The first-order chi connectivity index (χ1) is 10.3. The van der Waals surface area contributed by atoms with Crippen LogP contribution in [0.4, 0.5) is 0 Å². The number of aliphatic hydroxyl groups is 1. The minimum atomic E-state index is 0.163. The highest BCUT2D eigenvalue weighted by Gasteiger charge is 2.08. The van der Waals surface area contributed by atoms with Gasteiger partial charge < -0.3 is 9.52 Å². The van der Waals surface area contributed by atoms with Crippen LogP contribution in [0.2, 0.25) is 0 Å². The van der Waals surface area contributed by atoms with Crippen LogP contribution < -0.4 is 0 Å². The van der Waals surface area contributed by atoms with Crippen molar-refractivity contribution >= 4 is 0 Å². The lowest BCUT2D eigenvalue weighted by atomic mass is 10.2. The highest BCUT2D eigenvalue weighted by molar-refractivity contribution is 5.52. The van der Waals surface area contributed by atoms with E-state index in [2.05, 4.69) is 15.3 Å². The van der Waals surface area contributed by atoms with Gasteiger partial charge in [-0.3, -0.25) is 0 Å². The zero-order chi connectivity index (χ0) is 14.5. The zero-order valence-corrected chi connectivity index (χ0v) is 11.5. The minimum Gasteiger partial charge on any atom is -0.444 e. The number of hydrogen-bond donors (Lipinski definition) is 1. The fourth-order valence-electron chi connectivity index (χ4n) is 2.05. The first kappa shape index (κ1) is 13.5. The van der Waals surface area contributed by atoms with E-state index in [9.17, 15) is 0 Å². The zero-order valence-electron chi connectivity index (χ0n) is 11.5. The van der Waals surface area contributed by atoms with E-state index in [-0.39, 0.29) is 6.61 Å². The van der Waals surface area contributed by atoms with Gasteiger partial charge in [0.15, 0.2) is 0 Å². The van der Waals surface area contributed by atoms with Crippen LogP contribution in [0.15, 0.2) is 47.2 Å². The summed E-state index contributed by atoms with van der Waals surface area (Å²) in [6.45, 7) is 0.680. The van der Waals surface area contributed by atoms with Gasteiger partial charge in [0.05, 0.1) is 12.2 Å². The minimum absolute atomic E-state index is 0.163. The van der Waals surface area contributed by atoms with Gasteiger partial charge >= 0.3 is 0 Å². The van der Waals surface area contributed by atoms with Gasteiger partial charge in [-0.25, -0.2) is 9.67 Å². The molecule has 0 aliphatic carbocycles. The lowest BCUT2D eigenvalue weighted by Crippen LogP contribution is -2.00. The van der Waals surface area contributed by atoms with E-state index >= 15 is 0 Å². The Hall–Kier alpha value is -2.47. The lowest BCUT2D eigenvalue weighted by Gasteiger charge is -1.95. The van der Waals surface area contributed by atoms with Crippen molar-refractivity contribution in [2.45, 2.75) is 19.4 Å². The largest absolute Gasteiger partial charge is 0.444 e. The highest BCUT2D eigenvalue weighted by atomic mass is 16.3. The smallest absolute Gasteiger partial charge is 0.226 e. The third-order valence-electron chi connectivity index (χ3n) is 3.07. The maximum absolute atomic E-state index is 8.80. The molecule has 0 bridgehead atoms. The molecule has 0 unspecified atom stereocenters. The summed E-state index contributed by atoms with van der Waals surface area (Å²) < 4.78 is 7.21. The number of nitrogens with zero attached hydrogens (tertiary/aromatic N) is 4. The first-order valence-corrected chi connectivity index (χ1v) is 6.85. The van der Waals surface area contributed by atoms with Crippen molar-refractivity contribution < 1.29 is 9.52 Å². The summed E-state index contributed by atoms with van der Waals surface area (Å²) in [7, 11) is 0. The summed E-state index contributed by atoms with van der Waals surface area (Å²) in [5, 5.41) is 16.9. The van der Waals surface area contributed by atoms with Crippen LogP contribution in [0.25, 0.3) is 11.5 Å². The molecule has 0 atom stereocenters. The van der Waals surface area contributed by atoms with Crippen LogP contribution in [-0.2, 0) is 13.0 Å². The number of hydrogen-bond acceptors (Lipinski definition) is 5. The van der Waals surface area contributed by atoms with E-state index in [1.165, 1.54) is 0 Å². The van der Waals surface area contributed by atoms with Crippen LogP contribution in [-0.4, -0.2) is 31.7 Å². The van der Waals surface area contributed by atoms with Gasteiger partial charge in [-0.05, 0) is 25.0 Å². The molecule has 2 heterocycles. The molecule has 2 aromatic heterocycles. The molecule has 1 aromatic carbocycles. The molecule has 1 N–H and O–H groups in total. The molecule has 0 spiro atoms. The second kappa shape index (κ2) is 6.32. The lowest BCUT2D eigenvalue weighted by molar-refractivity contribution is 0.288. The Balaban J connectivity index is 1.68. The standard InChI is InChI=1S/C15H16N4O2/c20-8-4-7-13-9-19(18-17-13)10-14-11-21-15(16-14)12-5-2-1-3-6-12/h1-3,5-6,9,11,20H,4,7-8,10H2. The number of aryl methyl sites for hydroxylation is 1. The van der Waals surface area contributed by atoms with Gasteiger partial charge in [0.1, 0.15) is 12.0 Å². The summed E-state index contributed by atoms with van der Waals surface area (Å²) >= 11 is 0. The molecule has 0 amide bonds. The maximum atomic E-state index is 8.80. The van der Waals surface area contributed by atoms with Gasteiger partial charge in [-0.2, -0.15) is 0 Å². The van der Waals surface area contributed by atoms with E-state index in [1.54, 1.807) is 10.9 Å². The Bertz CT molecular complexity index is 691. The Kier molecular flexibility index (Phi) is 4.07. The molecule has 0 saturated heterocycles. The third kappa shape index (κ3) is 3.35. The van der Waals surface area contributed by atoms with Gasteiger partial charge in [0.2, 0.25) is 5.89 Å². The molecule has 0 saturated carbocycles. The molecule has 21 heavy (non-hydrogen) atoms. The molecular formula is C15H16N4O2. The molecule has 0 aliphatic rings. The van der Waals surface area contributed by atoms with Crippen LogP contribution in [0.1, 0.15) is 17.8 Å². The Morgan fingerprint density at radius 3 is 2.81 bits per heavy atom. The van der Waals surface area contributed by atoms with Gasteiger partial charge in [0.25, 0.3) is 0 Å². The second-order valence-electron chi connectivity index (χ2n) is 4.74. The molecule has 0 radical (unpaired) electrons.